The number of hydrogen-bond acceptors (Lipinski definition) is 2. The van der Waals surface area contributed by atoms with Crippen LogP contribution in [0.4, 0.5) is 4.39 Å². The highest BCUT2D eigenvalue weighted by Crippen LogP contribution is 2.38. The Morgan fingerprint density at radius 3 is 1.63 bits per heavy atom. The number of benzene rings is 4. The van der Waals surface area contributed by atoms with Crippen molar-refractivity contribution in [2.24, 2.45) is 0 Å². The van der Waals surface area contributed by atoms with E-state index in [2.05, 4.69) is 124 Å². The molecule has 0 aliphatic carbocycles. The monoisotopic (exact) mass is 528 g/mol. The first-order chi connectivity index (χ1) is 17.0. The molecule has 0 bridgehead atoms. The Hall–Kier alpha value is -3.70. The molecule has 0 fully saturated rings. The number of ether oxygens (including phenoxy) is 1. The van der Waals surface area contributed by atoms with Crippen molar-refractivity contribution < 1.29 is 9.13 Å². The van der Waals surface area contributed by atoms with Gasteiger partial charge in [0.15, 0.2) is 0 Å². The molecule has 0 saturated heterocycles. The highest BCUT2D eigenvalue weighted by Gasteiger charge is 2.30. The number of H-pyrrole nitrogens is 1. The highest BCUT2D eigenvalue weighted by molar-refractivity contribution is 9.10. The Labute approximate surface area is 213 Å². The molecule has 0 amide bonds. The van der Waals surface area contributed by atoms with Gasteiger partial charge in [-0.25, -0.2) is 4.39 Å². The van der Waals surface area contributed by atoms with Gasteiger partial charge in [0.2, 0.25) is 0 Å². The summed E-state index contributed by atoms with van der Waals surface area (Å²) in [5, 5.41) is 6.53. The molecule has 1 heterocycles. The largest absolute Gasteiger partial charge is 0.497 e. The summed E-state index contributed by atoms with van der Waals surface area (Å²) >= 11 is 3.28. The van der Waals surface area contributed by atoms with E-state index < -0.39 is 0 Å². The summed E-state index contributed by atoms with van der Waals surface area (Å²) in [6.45, 7) is 2.30. The lowest BCUT2D eigenvalue weighted by Gasteiger charge is -2.31. The van der Waals surface area contributed by atoms with Gasteiger partial charge in [-0.3, -0.25) is 5.10 Å². The summed E-state index contributed by atoms with van der Waals surface area (Å²) in [6, 6.07) is 36.8. The molecule has 0 saturated carbocycles. The summed E-state index contributed by atoms with van der Waals surface area (Å²) < 4.78 is 19.3. The van der Waals surface area contributed by atoms with Crippen LogP contribution in [0.1, 0.15) is 23.6 Å². The Kier molecular flexibility index (Phi) is 7.78. The minimum Gasteiger partial charge on any atom is -0.497 e. The van der Waals surface area contributed by atoms with Gasteiger partial charge in [-0.1, -0.05) is 91.0 Å². The zero-order valence-corrected chi connectivity index (χ0v) is 21.2. The second kappa shape index (κ2) is 11.2. The quantitative estimate of drug-likeness (QED) is 0.234. The van der Waals surface area contributed by atoms with E-state index in [1.165, 1.54) is 29.9 Å². The zero-order chi connectivity index (χ0) is 24.7. The normalized spacial score (nSPS) is 10.9. The predicted octanol–water partition coefficient (Wildman–Crippen LogP) is 8.03. The topological polar surface area (TPSA) is 37.9 Å². The third-order valence-corrected chi connectivity index (χ3v) is 6.69. The molecule has 0 radical (unpaired) electrons. The molecule has 5 rings (SSSR count). The van der Waals surface area contributed by atoms with E-state index in [4.69, 9.17) is 4.74 Å². The maximum atomic E-state index is 13.6. The fourth-order valence-corrected chi connectivity index (χ4v) is 4.50. The van der Waals surface area contributed by atoms with Gasteiger partial charge >= 0.3 is 0 Å². The van der Waals surface area contributed by atoms with Crippen molar-refractivity contribution in [1.82, 2.24) is 10.2 Å². The average Bonchev–Trinajstić information content (AvgIpc) is 3.35. The van der Waals surface area contributed by atoms with E-state index in [1.807, 2.05) is 0 Å². The van der Waals surface area contributed by atoms with E-state index in [0.29, 0.717) is 17.0 Å². The van der Waals surface area contributed by atoms with Gasteiger partial charge in [0, 0.05) is 17.0 Å². The van der Waals surface area contributed by atoms with E-state index in [-0.39, 0.29) is 11.2 Å². The van der Waals surface area contributed by atoms with Crippen molar-refractivity contribution >= 4 is 15.9 Å². The van der Waals surface area contributed by atoms with Crippen LogP contribution in [-0.2, 0) is 5.41 Å². The molecule has 176 valence electrons. The standard InChI is InChI=1S/C20H18.C10H8BrFN2O/c1-20(17-11-5-2-6-12-17,18-13-7-3-8-14-18)19-15-9-4-10-16-19;1-15-6-2-3-7(9(12)4-6)10-8(11)5-13-14-10/h2-16H,1H3;2-5H,1H3,(H,13,14). The van der Waals surface area contributed by atoms with Crippen molar-refractivity contribution in [2.75, 3.05) is 7.11 Å². The van der Waals surface area contributed by atoms with Crippen LogP contribution in [0.2, 0.25) is 0 Å². The molecular weight excluding hydrogens is 503 g/mol. The van der Waals surface area contributed by atoms with Crippen LogP contribution in [0, 0.1) is 5.82 Å². The Bertz CT molecular complexity index is 1260. The molecule has 0 aliphatic rings. The maximum absolute atomic E-state index is 13.6. The number of nitrogens with zero attached hydrogens (tertiary/aromatic N) is 1. The molecule has 0 atom stereocenters. The summed E-state index contributed by atoms with van der Waals surface area (Å²) in [4.78, 5) is 0. The van der Waals surface area contributed by atoms with E-state index in [9.17, 15) is 4.39 Å². The summed E-state index contributed by atoms with van der Waals surface area (Å²) in [5.41, 5.74) is 4.91. The molecule has 4 aromatic carbocycles. The van der Waals surface area contributed by atoms with E-state index in [0.717, 1.165) is 4.47 Å². The average molecular weight is 529 g/mol. The lowest BCUT2D eigenvalue weighted by Crippen LogP contribution is -2.25. The van der Waals surface area contributed by atoms with Gasteiger partial charge in [-0.05, 0) is 51.7 Å². The summed E-state index contributed by atoms with van der Waals surface area (Å²) in [7, 11) is 1.50. The van der Waals surface area contributed by atoms with Crippen LogP contribution in [-0.4, -0.2) is 17.3 Å². The highest BCUT2D eigenvalue weighted by atomic mass is 79.9. The zero-order valence-electron chi connectivity index (χ0n) is 19.6. The molecule has 35 heavy (non-hydrogen) atoms. The number of aromatic amines is 1. The number of halogens is 2. The molecule has 1 N–H and O–H groups in total. The minimum absolute atomic E-state index is 0.121. The third kappa shape index (κ3) is 5.36. The lowest BCUT2D eigenvalue weighted by molar-refractivity contribution is 0.411. The molecule has 0 unspecified atom stereocenters. The number of methoxy groups -OCH3 is 1. The van der Waals surface area contributed by atoms with Crippen LogP contribution >= 0.6 is 15.9 Å². The molecule has 0 spiro atoms. The van der Waals surface area contributed by atoms with Crippen molar-refractivity contribution in [2.45, 2.75) is 12.3 Å². The van der Waals surface area contributed by atoms with Crippen LogP contribution in [0.25, 0.3) is 11.3 Å². The van der Waals surface area contributed by atoms with Crippen molar-refractivity contribution in [3.63, 3.8) is 0 Å². The van der Waals surface area contributed by atoms with Crippen molar-refractivity contribution in [1.29, 1.82) is 0 Å². The van der Waals surface area contributed by atoms with Gasteiger partial charge in [-0.15, -0.1) is 0 Å². The molecular formula is C30H26BrFN2O. The SMILES string of the molecule is CC(c1ccccc1)(c1ccccc1)c1ccccc1.COc1ccc(-c2[nH]ncc2Br)c(F)c1. The number of rotatable bonds is 5. The van der Waals surface area contributed by atoms with E-state index >= 15 is 0 Å². The summed E-state index contributed by atoms with van der Waals surface area (Å²) in [6.07, 6.45) is 1.58. The van der Waals surface area contributed by atoms with Crippen LogP contribution in [0.3, 0.4) is 0 Å². The summed E-state index contributed by atoms with van der Waals surface area (Å²) in [5.74, 6) is 0.145. The second-order valence-corrected chi connectivity index (χ2v) is 9.02. The Morgan fingerprint density at radius 1 is 0.771 bits per heavy atom. The van der Waals surface area contributed by atoms with Crippen molar-refractivity contribution in [3.8, 4) is 17.0 Å². The fraction of sp³-hybridized carbons (Fsp3) is 0.100. The Morgan fingerprint density at radius 2 is 1.26 bits per heavy atom. The smallest absolute Gasteiger partial charge is 0.136 e. The fourth-order valence-electron chi connectivity index (χ4n) is 4.10. The Balaban J connectivity index is 0.000000172. The molecule has 1 aromatic heterocycles. The van der Waals surface area contributed by atoms with Crippen molar-refractivity contribution in [3.05, 3.63) is 142 Å². The maximum Gasteiger partial charge on any atom is 0.136 e. The lowest BCUT2D eigenvalue weighted by atomic mass is 9.71. The predicted molar refractivity (Wildman–Crippen MR) is 143 cm³/mol. The third-order valence-electron chi connectivity index (χ3n) is 6.09. The first-order valence-electron chi connectivity index (χ1n) is 11.2. The van der Waals surface area contributed by atoms with Gasteiger partial charge in [0.05, 0.1) is 23.5 Å². The second-order valence-electron chi connectivity index (χ2n) is 8.16. The van der Waals surface area contributed by atoms with Gasteiger partial charge in [0.25, 0.3) is 0 Å². The molecule has 5 heteroatoms. The van der Waals surface area contributed by atoms with Gasteiger partial charge < -0.3 is 4.74 Å². The van der Waals surface area contributed by atoms with Gasteiger partial charge in [-0.2, -0.15) is 5.10 Å². The van der Waals surface area contributed by atoms with E-state index in [1.54, 1.807) is 18.3 Å². The number of aromatic nitrogens is 2. The van der Waals surface area contributed by atoms with Crippen LogP contribution in [0.15, 0.2) is 120 Å². The molecule has 5 aromatic rings. The molecule has 0 aliphatic heterocycles. The van der Waals surface area contributed by atoms with Crippen LogP contribution in [0.5, 0.6) is 5.75 Å². The minimum atomic E-state index is -0.348. The molecule has 3 nitrogen and oxygen atoms in total. The number of hydrogen-bond donors (Lipinski definition) is 1. The van der Waals surface area contributed by atoms with Gasteiger partial charge in [0.1, 0.15) is 11.6 Å². The van der Waals surface area contributed by atoms with Crippen LogP contribution < -0.4 is 4.74 Å². The number of nitrogens with one attached hydrogen (secondary N) is 1. The first kappa shape index (κ1) is 24.4. The first-order valence-corrected chi connectivity index (χ1v) is 12.0.